The number of carbonyl (C=O) groups is 3. The van der Waals surface area contributed by atoms with Crippen LogP contribution in [-0.2, 0) is 16.0 Å². The van der Waals surface area contributed by atoms with E-state index in [0.29, 0.717) is 5.56 Å². The summed E-state index contributed by atoms with van der Waals surface area (Å²) in [6, 6.07) is 2.06. The molecule has 0 heterocycles. The molecule has 1 amide bonds. The molecule has 0 saturated heterocycles. The maximum Gasteiger partial charge on any atom is 0.255 e. The average molecular weight is 512 g/mol. The van der Waals surface area contributed by atoms with Crippen molar-refractivity contribution in [3.63, 3.8) is 0 Å². The second-order valence-corrected chi connectivity index (χ2v) is 9.31. The van der Waals surface area contributed by atoms with Gasteiger partial charge >= 0.3 is 0 Å². The quantitative estimate of drug-likeness (QED) is 0.341. The fraction of sp³-hybridized carbons (Fsp3) is 0.435. The Labute approximate surface area is 207 Å². The maximum atomic E-state index is 13.5. The minimum Gasteiger partial charge on any atom is -0.510 e. The number of benzene rings is 1. The molecule has 12 heteroatoms. The Bertz CT molecular complexity index is 1180. The van der Waals surface area contributed by atoms with E-state index in [1.54, 1.807) is 39.2 Å². The van der Waals surface area contributed by atoms with Crippen LogP contribution in [0.3, 0.4) is 0 Å². The van der Waals surface area contributed by atoms with Crippen molar-refractivity contribution in [3.8, 4) is 5.75 Å². The summed E-state index contributed by atoms with van der Waals surface area (Å²) in [5, 5.41) is 43.9. The highest BCUT2D eigenvalue weighted by Gasteiger charge is 2.63. The molecule has 0 spiro atoms. The van der Waals surface area contributed by atoms with Gasteiger partial charge in [-0.25, -0.2) is 0 Å². The number of nitrogens with two attached hydrogens (primary N) is 1. The normalized spacial score (nSPS) is 27.4. The molecule has 1 aromatic rings. The van der Waals surface area contributed by atoms with Gasteiger partial charge < -0.3 is 36.5 Å². The Hall–Kier alpha value is -3.12. The molecule has 0 aromatic heterocycles. The number of Topliss-reactive ketones (excluding diaryl/α,β-unsaturated/α-hetero) is 2. The molecular formula is C23H30ClN3O8. The summed E-state index contributed by atoms with van der Waals surface area (Å²) in [7, 11) is 6.79. The van der Waals surface area contributed by atoms with Crippen LogP contribution in [0.5, 0.6) is 5.75 Å². The number of carbonyl (C=O) groups excluding carboxylic acids is 3. The maximum absolute atomic E-state index is 13.5. The van der Waals surface area contributed by atoms with E-state index in [9.17, 15) is 34.8 Å². The molecule has 4 rings (SSSR count). The van der Waals surface area contributed by atoms with Crippen molar-refractivity contribution >= 4 is 35.6 Å². The van der Waals surface area contributed by atoms with E-state index >= 15 is 0 Å². The molecule has 0 saturated carbocycles. The standard InChI is InChI=1S/C23H27N3O7.ClH.H2O/c1-25(2)12-5-6-13(27)15-10(12)7-9-8-11-17(26(3)4)19(29)16(22(24)32)21(31)23(11,33)20(30)14(9)18(15)28;;/h5-6,9,11,17,27,29-30,33H,7-8H2,1-4H3,(H2,24,32);1H;1H2/t9-,11+,17-,23-;;/m0../s1. The lowest BCUT2D eigenvalue weighted by Crippen LogP contribution is -2.63. The number of primary amides is 1. The van der Waals surface area contributed by atoms with Crippen molar-refractivity contribution < 1.29 is 40.3 Å². The lowest BCUT2D eigenvalue weighted by atomic mass is 9.58. The van der Waals surface area contributed by atoms with Crippen LogP contribution in [0.1, 0.15) is 22.3 Å². The number of nitrogens with zero attached hydrogens (tertiary/aromatic N) is 2. The summed E-state index contributed by atoms with van der Waals surface area (Å²) in [6.45, 7) is 0. The molecule has 0 bridgehead atoms. The number of likely N-dealkylation sites (N-methyl/N-ethyl adjacent to an activating group) is 1. The first-order valence-electron chi connectivity index (χ1n) is 10.5. The molecule has 35 heavy (non-hydrogen) atoms. The monoisotopic (exact) mass is 511 g/mol. The number of allylic oxidation sites excluding steroid dienone is 1. The summed E-state index contributed by atoms with van der Waals surface area (Å²) in [5.41, 5.74) is 3.02. The van der Waals surface area contributed by atoms with Crippen LogP contribution >= 0.6 is 12.4 Å². The number of aliphatic hydroxyl groups is 3. The number of amides is 1. The van der Waals surface area contributed by atoms with Crippen LogP contribution in [0.2, 0.25) is 0 Å². The molecule has 3 aliphatic carbocycles. The Kier molecular flexibility index (Phi) is 7.35. The minimum atomic E-state index is -2.63. The van der Waals surface area contributed by atoms with Crippen molar-refractivity contribution in [2.45, 2.75) is 24.5 Å². The van der Waals surface area contributed by atoms with E-state index < -0.39 is 58.0 Å². The van der Waals surface area contributed by atoms with E-state index in [-0.39, 0.29) is 47.6 Å². The molecule has 8 N–H and O–H groups in total. The van der Waals surface area contributed by atoms with Gasteiger partial charge in [-0.1, -0.05) is 0 Å². The third-order valence-corrected chi connectivity index (χ3v) is 7.06. The molecule has 0 aliphatic heterocycles. The SMILES string of the molecule is CN(C)c1ccc(O)c2c1C[C@H]1C[C@@H]3[C@H](N(C)C)C(O)=C(C(N)=O)C(=O)[C@@]3(O)C(O)=C1C2=O.Cl.O. The van der Waals surface area contributed by atoms with Crippen LogP contribution in [0, 0.1) is 11.8 Å². The van der Waals surface area contributed by atoms with Gasteiger partial charge in [-0.05, 0) is 50.6 Å². The molecule has 192 valence electrons. The predicted octanol–water partition coefficient (Wildman–Crippen LogP) is -0.216. The van der Waals surface area contributed by atoms with Crippen LogP contribution in [0.4, 0.5) is 5.69 Å². The van der Waals surface area contributed by atoms with Crippen LogP contribution in [0.25, 0.3) is 0 Å². The first kappa shape index (κ1) is 28.1. The second-order valence-electron chi connectivity index (χ2n) is 9.31. The predicted molar refractivity (Wildman–Crippen MR) is 129 cm³/mol. The van der Waals surface area contributed by atoms with Gasteiger partial charge in [0.1, 0.15) is 22.8 Å². The molecule has 3 aliphatic rings. The number of phenolic OH excluding ortho intramolecular Hbond substituents is 1. The van der Waals surface area contributed by atoms with E-state index in [1.165, 1.54) is 11.0 Å². The lowest BCUT2D eigenvalue weighted by molar-refractivity contribution is -0.148. The molecule has 0 radical (unpaired) electrons. The van der Waals surface area contributed by atoms with Gasteiger partial charge in [0.2, 0.25) is 5.78 Å². The number of aliphatic hydroxyl groups excluding tert-OH is 2. The van der Waals surface area contributed by atoms with Crippen molar-refractivity contribution in [1.82, 2.24) is 4.90 Å². The first-order valence-corrected chi connectivity index (χ1v) is 10.5. The number of anilines is 1. The largest absolute Gasteiger partial charge is 0.510 e. The van der Waals surface area contributed by atoms with Gasteiger partial charge in [-0.3, -0.25) is 19.3 Å². The van der Waals surface area contributed by atoms with E-state index in [2.05, 4.69) is 0 Å². The van der Waals surface area contributed by atoms with Gasteiger partial charge in [-0.15, -0.1) is 12.4 Å². The summed E-state index contributed by atoms with van der Waals surface area (Å²) in [6.07, 6.45) is 0.324. The van der Waals surface area contributed by atoms with Crippen LogP contribution in [0.15, 0.2) is 34.8 Å². The zero-order chi connectivity index (χ0) is 24.6. The molecule has 1 aromatic carbocycles. The average Bonchev–Trinajstić information content (AvgIpc) is 2.70. The Morgan fingerprint density at radius 3 is 2.23 bits per heavy atom. The van der Waals surface area contributed by atoms with E-state index in [4.69, 9.17) is 5.73 Å². The Balaban J connectivity index is 0.00000216. The van der Waals surface area contributed by atoms with Crippen LogP contribution < -0.4 is 10.6 Å². The second kappa shape index (κ2) is 9.15. The number of ketones is 2. The molecule has 0 unspecified atom stereocenters. The zero-order valence-electron chi connectivity index (χ0n) is 19.7. The van der Waals surface area contributed by atoms with Crippen molar-refractivity contribution in [3.05, 3.63) is 45.9 Å². The molecule has 11 nitrogen and oxygen atoms in total. The number of halogens is 1. The zero-order valence-corrected chi connectivity index (χ0v) is 20.5. The summed E-state index contributed by atoms with van der Waals surface area (Å²) < 4.78 is 0. The number of hydrogen-bond acceptors (Lipinski definition) is 9. The molecule has 4 atom stereocenters. The molecule has 0 fully saturated rings. The Morgan fingerprint density at radius 1 is 1.11 bits per heavy atom. The van der Waals surface area contributed by atoms with Gasteiger partial charge in [0, 0.05) is 31.3 Å². The summed E-state index contributed by atoms with van der Waals surface area (Å²) in [4.78, 5) is 42.0. The topological polar surface area (TPSA) is 196 Å². The first-order chi connectivity index (χ1) is 15.3. The van der Waals surface area contributed by atoms with Gasteiger partial charge in [0.15, 0.2) is 11.4 Å². The number of hydrogen-bond donors (Lipinski definition) is 5. The molecular weight excluding hydrogens is 482 g/mol. The van der Waals surface area contributed by atoms with Gasteiger partial charge in [0.05, 0.1) is 11.6 Å². The van der Waals surface area contributed by atoms with E-state index in [1.807, 2.05) is 0 Å². The van der Waals surface area contributed by atoms with Gasteiger partial charge in [0.25, 0.3) is 5.91 Å². The van der Waals surface area contributed by atoms with Crippen molar-refractivity contribution in [2.24, 2.45) is 17.6 Å². The highest BCUT2D eigenvalue weighted by Crippen LogP contribution is 2.52. The fourth-order valence-electron chi connectivity index (χ4n) is 5.65. The third kappa shape index (κ3) is 3.66. The fourth-order valence-corrected chi connectivity index (χ4v) is 5.65. The number of fused-ring (bicyclic) bond motifs is 3. The highest BCUT2D eigenvalue weighted by atomic mass is 35.5. The highest BCUT2D eigenvalue weighted by molar-refractivity contribution is 6.24. The van der Waals surface area contributed by atoms with E-state index in [0.717, 1.165) is 5.69 Å². The van der Waals surface area contributed by atoms with Crippen molar-refractivity contribution in [2.75, 3.05) is 33.1 Å². The summed E-state index contributed by atoms with van der Waals surface area (Å²) in [5.74, 6) is -6.53. The van der Waals surface area contributed by atoms with Gasteiger partial charge in [-0.2, -0.15) is 0 Å². The van der Waals surface area contributed by atoms with Crippen molar-refractivity contribution in [1.29, 1.82) is 0 Å². The lowest BCUT2D eigenvalue weighted by Gasteiger charge is -2.50. The summed E-state index contributed by atoms with van der Waals surface area (Å²) >= 11 is 0. The minimum absolute atomic E-state index is 0. The number of rotatable bonds is 3. The Morgan fingerprint density at radius 2 is 1.71 bits per heavy atom. The smallest absolute Gasteiger partial charge is 0.255 e. The number of aromatic hydroxyl groups is 1. The number of phenols is 1. The third-order valence-electron chi connectivity index (χ3n) is 7.06. The van der Waals surface area contributed by atoms with Crippen LogP contribution in [-0.4, -0.2) is 88.1 Å².